The van der Waals surface area contributed by atoms with Crippen molar-refractivity contribution in [1.82, 2.24) is 9.97 Å². The number of aromatic nitrogens is 2. The van der Waals surface area contributed by atoms with Crippen LogP contribution >= 0.6 is 0 Å². The van der Waals surface area contributed by atoms with E-state index >= 15 is 0 Å². The van der Waals surface area contributed by atoms with Gasteiger partial charge in [0, 0.05) is 24.4 Å². The van der Waals surface area contributed by atoms with Crippen LogP contribution in [0.5, 0.6) is 0 Å². The highest BCUT2D eigenvalue weighted by atomic mass is 16.3. The topological polar surface area (TPSA) is 96.1 Å². The number of nitrogen functional groups attached to an aromatic ring is 1. The number of rotatable bonds is 7. The summed E-state index contributed by atoms with van der Waals surface area (Å²) in [4.78, 5) is 8.86. The third-order valence-electron chi connectivity index (χ3n) is 4.29. The molecule has 0 saturated heterocycles. The molecule has 0 radical (unpaired) electrons. The van der Waals surface area contributed by atoms with E-state index in [1.165, 1.54) is 19.3 Å². The molecule has 0 amide bonds. The van der Waals surface area contributed by atoms with Crippen molar-refractivity contribution >= 4 is 11.6 Å². The lowest BCUT2D eigenvalue weighted by Gasteiger charge is -2.35. The number of nitrogens with one attached hydrogen (secondary N) is 2. The summed E-state index contributed by atoms with van der Waals surface area (Å²) in [5.74, 6) is 7.66. The van der Waals surface area contributed by atoms with Crippen LogP contribution in [0.2, 0.25) is 0 Å². The molecule has 1 aliphatic rings. The van der Waals surface area contributed by atoms with Crippen molar-refractivity contribution in [2.45, 2.75) is 51.9 Å². The van der Waals surface area contributed by atoms with E-state index < -0.39 is 0 Å². The summed E-state index contributed by atoms with van der Waals surface area (Å²) in [7, 11) is 0. The minimum Gasteiger partial charge on any atom is -0.396 e. The summed E-state index contributed by atoms with van der Waals surface area (Å²) in [6.07, 6.45) is 7.64. The lowest BCUT2D eigenvalue weighted by atomic mass is 9.74. The third kappa shape index (κ3) is 4.28. The Kier molecular flexibility index (Phi) is 5.76. The van der Waals surface area contributed by atoms with Crippen LogP contribution in [-0.4, -0.2) is 28.2 Å². The zero-order valence-corrected chi connectivity index (χ0v) is 12.9. The van der Waals surface area contributed by atoms with E-state index in [0.717, 1.165) is 43.9 Å². The van der Waals surface area contributed by atoms with Crippen molar-refractivity contribution < 1.29 is 5.11 Å². The lowest BCUT2D eigenvalue weighted by molar-refractivity contribution is 0.0943. The largest absolute Gasteiger partial charge is 0.396 e. The fraction of sp³-hybridized carbons (Fsp3) is 0.733. The Bertz CT molecular complexity index is 446. The molecule has 1 heterocycles. The van der Waals surface area contributed by atoms with Crippen LogP contribution in [0.3, 0.4) is 0 Å². The Morgan fingerprint density at radius 2 is 1.95 bits per heavy atom. The number of hydrazine groups is 1. The third-order valence-corrected chi connectivity index (χ3v) is 4.29. The first-order valence-electron chi connectivity index (χ1n) is 7.91. The molecule has 5 N–H and O–H groups in total. The smallest absolute Gasteiger partial charge is 0.145 e. The number of nitrogens with zero attached hydrogens (tertiary/aromatic N) is 2. The van der Waals surface area contributed by atoms with Crippen LogP contribution in [0.15, 0.2) is 6.07 Å². The molecule has 21 heavy (non-hydrogen) atoms. The molecule has 1 aromatic rings. The van der Waals surface area contributed by atoms with Gasteiger partial charge >= 0.3 is 0 Å². The normalized spacial score (nSPS) is 17.5. The van der Waals surface area contributed by atoms with Crippen LogP contribution in [0, 0.1) is 5.41 Å². The number of aryl methyl sites for hydroxylation is 1. The molecule has 1 saturated carbocycles. The highest BCUT2D eigenvalue weighted by Gasteiger charge is 2.31. The van der Waals surface area contributed by atoms with Gasteiger partial charge in [0.25, 0.3) is 0 Å². The van der Waals surface area contributed by atoms with Crippen molar-refractivity contribution in [3.05, 3.63) is 11.9 Å². The average molecular weight is 293 g/mol. The first-order valence-corrected chi connectivity index (χ1v) is 7.91. The lowest BCUT2D eigenvalue weighted by Crippen LogP contribution is -2.35. The second kappa shape index (κ2) is 7.56. The number of aliphatic hydroxyl groups is 1. The van der Waals surface area contributed by atoms with Crippen molar-refractivity contribution in [3.63, 3.8) is 0 Å². The van der Waals surface area contributed by atoms with Gasteiger partial charge in [-0.05, 0) is 19.3 Å². The molecule has 1 fully saturated rings. The highest BCUT2D eigenvalue weighted by Crippen LogP contribution is 2.35. The van der Waals surface area contributed by atoms with Crippen LogP contribution in [-0.2, 0) is 6.42 Å². The molecule has 6 heteroatoms. The fourth-order valence-corrected chi connectivity index (χ4v) is 2.97. The van der Waals surface area contributed by atoms with Crippen molar-refractivity contribution in [2.24, 2.45) is 11.3 Å². The van der Waals surface area contributed by atoms with E-state index in [-0.39, 0.29) is 12.0 Å². The van der Waals surface area contributed by atoms with Crippen LogP contribution in [0.1, 0.15) is 51.3 Å². The molecule has 0 atom stereocenters. The summed E-state index contributed by atoms with van der Waals surface area (Å²) in [5, 5.41) is 13.1. The Hall–Kier alpha value is -1.40. The van der Waals surface area contributed by atoms with Gasteiger partial charge in [-0.3, -0.25) is 0 Å². The summed E-state index contributed by atoms with van der Waals surface area (Å²) in [6.45, 7) is 3.08. The van der Waals surface area contributed by atoms with E-state index in [0.29, 0.717) is 5.82 Å². The maximum Gasteiger partial charge on any atom is 0.145 e. The maximum atomic E-state index is 9.75. The number of hydrogen-bond acceptors (Lipinski definition) is 6. The first kappa shape index (κ1) is 16.0. The first-order chi connectivity index (χ1) is 10.2. The van der Waals surface area contributed by atoms with Gasteiger partial charge < -0.3 is 15.8 Å². The Balaban J connectivity index is 2.05. The van der Waals surface area contributed by atoms with Gasteiger partial charge in [-0.15, -0.1) is 0 Å². The molecule has 0 aliphatic heterocycles. The van der Waals surface area contributed by atoms with Gasteiger partial charge in [0.05, 0.1) is 6.61 Å². The van der Waals surface area contributed by atoms with Crippen molar-refractivity contribution in [1.29, 1.82) is 0 Å². The van der Waals surface area contributed by atoms with Crippen molar-refractivity contribution in [3.8, 4) is 0 Å². The Morgan fingerprint density at radius 1 is 1.24 bits per heavy atom. The van der Waals surface area contributed by atoms with Gasteiger partial charge in [0.2, 0.25) is 0 Å². The molecule has 0 aromatic carbocycles. The van der Waals surface area contributed by atoms with Gasteiger partial charge in [0.15, 0.2) is 0 Å². The van der Waals surface area contributed by atoms with Gasteiger partial charge in [-0.2, -0.15) is 0 Å². The quantitative estimate of drug-likeness (QED) is 0.454. The Morgan fingerprint density at radius 3 is 2.57 bits per heavy atom. The summed E-state index contributed by atoms with van der Waals surface area (Å²) < 4.78 is 0. The van der Waals surface area contributed by atoms with E-state index in [2.05, 4.69) is 27.6 Å². The molecule has 118 valence electrons. The zero-order chi connectivity index (χ0) is 15.1. The van der Waals surface area contributed by atoms with Crippen molar-refractivity contribution in [2.75, 3.05) is 23.9 Å². The highest BCUT2D eigenvalue weighted by molar-refractivity contribution is 5.47. The molecule has 0 bridgehead atoms. The van der Waals surface area contributed by atoms with E-state index in [9.17, 15) is 5.11 Å². The molecule has 0 unspecified atom stereocenters. The molecule has 6 nitrogen and oxygen atoms in total. The molecule has 2 rings (SSSR count). The fourth-order valence-electron chi connectivity index (χ4n) is 2.97. The number of nitrogens with two attached hydrogens (primary N) is 1. The molecule has 1 aliphatic carbocycles. The van der Waals surface area contributed by atoms with Gasteiger partial charge in [-0.25, -0.2) is 15.8 Å². The monoisotopic (exact) mass is 293 g/mol. The summed E-state index contributed by atoms with van der Waals surface area (Å²) in [6, 6.07) is 1.81. The molecular formula is C15H27N5O. The molecule has 0 spiro atoms. The number of aliphatic hydroxyl groups excluding tert-OH is 1. The number of hydrogen-bond donors (Lipinski definition) is 4. The van der Waals surface area contributed by atoms with Crippen LogP contribution in [0.4, 0.5) is 11.6 Å². The minimum absolute atomic E-state index is 0.00950. The maximum absolute atomic E-state index is 9.75. The molecule has 1 aromatic heterocycles. The SMILES string of the molecule is CCCc1nc(NN)cc(NCC2(CO)CCCCC2)n1. The van der Waals surface area contributed by atoms with Crippen LogP contribution < -0.4 is 16.6 Å². The zero-order valence-electron chi connectivity index (χ0n) is 12.9. The molecular weight excluding hydrogens is 266 g/mol. The second-order valence-electron chi connectivity index (χ2n) is 6.02. The van der Waals surface area contributed by atoms with Gasteiger partial charge in [0.1, 0.15) is 17.5 Å². The van der Waals surface area contributed by atoms with Gasteiger partial charge in [-0.1, -0.05) is 26.2 Å². The predicted molar refractivity (Wildman–Crippen MR) is 84.9 cm³/mol. The van der Waals surface area contributed by atoms with E-state index in [1.54, 1.807) is 0 Å². The van der Waals surface area contributed by atoms with Crippen LogP contribution in [0.25, 0.3) is 0 Å². The minimum atomic E-state index is -0.00950. The summed E-state index contributed by atoms with van der Waals surface area (Å²) >= 11 is 0. The van der Waals surface area contributed by atoms with E-state index in [1.807, 2.05) is 6.07 Å². The second-order valence-corrected chi connectivity index (χ2v) is 6.02. The average Bonchev–Trinajstić information content (AvgIpc) is 2.54. The Labute approximate surface area is 126 Å². The number of anilines is 2. The van der Waals surface area contributed by atoms with E-state index in [4.69, 9.17) is 5.84 Å². The predicted octanol–water partition coefficient (Wildman–Crippen LogP) is 2.07. The summed E-state index contributed by atoms with van der Waals surface area (Å²) in [5.41, 5.74) is 2.58. The standard InChI is InChI=1S/C15H27N5O/c1-2-6-12-18-13(9-14(19-12)20-16)17-10-15(11-21)7-4-3-5-8-15/h9,21H,2-8,10-11,16H2,1H3,(H2,17,18,19,20).